The number of carbonyl (C=O) groups is 2. The van der Waals surface area contributed by atoms with Crippen molar-refractivity contribution in [2.24, 2.45) is 0 Å². The van der Waals surface area contributed by atoms with Crippen LogP contribution >= 0.6 is 0 Å². The third-order valence-corrected chi connectivity index (χ3v) is 11.9. The van der Waals surface area contributed by atoms with Crippen LogP contribution in [0.15, 0.2) is 53.9 Å². The third-order valence-electron chi connectivity index (χ3n) is 10.8. The molecule has 7 rings (SSSR count). The molecule has 2 aromatic carbocycles. The molecular weight excluding hydrogens is 895 g/mol. The van der Waals surface area contributed by atoms with Crippen molar-refractivity contribution >= 4 is 50.7 Å². The first-order chi connectivity index (χ1) is 32.0. The second-order valence-electron chi connectivity index (χ2n) is 16.6. The van der Waals surface area contributed by atoms with E-state index in [4.69, 9.17) is 23.7 Å². The quantitative estimate of drug-likeness (QED) is 0.147. The van der Waals surface area contributed by atoms with E-state index in [1.54, 1.807) is 29.7 Å². The van der Waals surface area contributed by atoms with Gasteiger partial charge in [-0.15, -0.1) is 0 Å². The van der Waals surface area contributed by atoms with Crippen molar-refractivity contribution in [3.05, 3.63) is 71.8 Å². The molecule has 2 amide bonds. The molecule has 0 bridgehead atoms. The van der Waals surface area contributed by atoms with E-state index in [1.165, 1.54) is 30.9 Å². The predicted octanol–water partition coefficient (Wildman–Crippen LogP) is 6.92. The maximum Gasteiger partial charge on any atom is 0.410 e. The Balaban J connectivity index is 0.000000221. The number of rotatable bonds is 12. The van der Waals surface area contributed by atoms with Gasteiger partial charge in [-0.05, 0) is 71.0 Å². The number of nitrogens with one attached hydrogen (secondary N) is 2. The molecule has 0 radical (unpaired) electrons. The number of piperidine rings is 2. The number of ether oxygens (including phenoxy) is 5. The molecule has 0 saturated carbocycles. The maximum absolute atomic E-state index is 14.8. The molecular formula is C45H56F2N10O9S. The first-order valence-electron chi connectivity index (χ1n) is 22.0. The number of halogens is 2. The fourth-order valence-corrected chi connectivity index (χ4v) is 7.85. The van der Waals surface area contributed by atoms with E-state index in [0.717, 1.165) is 31.1 Å². The number of hydrogen-bond donors (Lipinski definition) is 2. The Kier molecular flexibility index (Phi) is 16.9. The molecule has 360 valence electrons. The molecule has 67 heavy (non-hydrogen) atoms. The smallest absolute Gasteiger partial charge is 0.410 e. The van der Waals surface area contributed by atoms with Crippen molar-refractivity contribution in [3.63, 3.8) is 0 Å². The number of benzene rings is 2. The molecule has 5 heterocycles. The zero-order chi connectivity index (χ0) is 48.3. The van der Waals surface area contributed by atoms with E-state index >= 15 is 0 Å². The minimum Gasteiger partial charge on any atom is -0.474 e. The van der Waals surface area contributed by atoms with Crippen LogP contribution in [-0.2, 0) is 24.0 Å². The van der Waals surface area contributed by atoms with Crippen LogP contribution in [0.25, 0.3) is 0 Å². The van der Waals surface area contributed by atoms with Crippen molar-refractivity contribution in [2.75, 3.05) is 74.3 Å². The Labute approximate surface area is 388 Å². The van der Waals surface area contributed by atoms with Gasteiger partial charge in [0.25, 0.3) is 0 Å². The van der Waals surface area contributed by atoms with E-state index < -0.39 is 15.7 Å². The third kappa shape index (κ3) is 13.7. The number of nitrogens with zero attached hydrogens (tertiary/aromatic N) is 8. The summed E-state index contributed by atoms with van der Waals surface area (Å²) in [7, 11) is -3.56. The average molecular weight is 951 g/mol. The van der Waals surface area contributed by atoms with Gasteiger partial charge in [0, 0.05) is 76.9 Å². The van der Waals surface area contributed by atoms with E-state index in [2.05, 4.69) is 35.5 Å². The van der Waals surface area contributed by atoms with Gasteiger partial charge in [-0.25, -0.2) is 46.7 Å². The van der Waals surface area contributed by atoms with Crippen LogP contribution in [-0.4, -0.2) is 133 Å². The van der Waals surface area contributed by atoms with E-state index in [9.17, 15) is 32.0 Å². The summed E-state index contributed by atoms with van der Waals surface area (Å²) in [6.45, 7) is 13.9. The minimum atomic E-state index is -3.56. The van der Waals surface area contributed by atoms with Gasteiger partial charge in [0.2, 0.25) is 11.8 Å². The lowest BCUT2D eigenvalue weighted by atomic mass is 10.1. The van der Waals surface area contributed by atoms with Crippen molar-refractivity contribution < 1.29 is 50.5 Å². The van der Waals surface area contributed by atoms with E-state index in [-0.39, 0.29) is 70.3 Å². The number of nitriles is 1. The molecule has 0 unspecified atom stereocenters. The summed E-state index contributed by atoms with van der Waals surface area (Å²) in [5.41, 5.74) is 1.78. The number of anilines is 5. The molecule has 3 aliphatic rings. The number of aromatic nitrogens is 4. The normalized spacial score (nSPS) is 15.9. The number of likely N-dealkylation sites (tertiary alicyclic amines) is 2. The standard InChI is InChI=1S/C24H32FN5O4.C21H24FN5O5S/c1-16(2)33-24(31)30-8-6-19(7-9-30)34-23-17(3)22(26-15-27-23)28-21-5-4-18(14-20(21)25)29-10-12-32-13-11-29;1-13(2)31-21(28)27-8-6-14(7-9-27)32-20-16(11-23)19(24-12-25-20)26-18-5-4-15(10-17(18)22)33(3,29)30/h4-5,14-16,19H,6-13H2,1-3H3,(H,26,27,28);4-5,10,12-14H,6-9H2,1-3H3,(H,24,25,26). The Morgan fingerprint density at radius 2 is 1.24 bits per heavy atom. The average Bonchev–Trinajstić information content (AvgIpc) is 3.29. The van der Waals surface area contributed by atoms with Crippen LogP contribution in [0.4, 0.5) is 47.1 Å². The number of hydrogen-bond acceptors (Lipinski definition) is 17. The lowest BCUT2D eigenvalue weighted by molar-refractivity contribution is 0.0496. The highest BCUT2D eigenvalue weighted by molar-refractivity contribution is 7.90. The van der Waals surface area contributed by atoms with Gasteiger partial charge >= 0.3 is 12.2 Å². The first kappa shape index (κ1) is 49.8. The molecule has 3 saturated heterocycles. The Morgan fingerprint density at radius 3 is 1.75 bits per heavy atom. The number of sulfone groups is 1. The zero-order valence-electron chi connectivity index (χ0n) is 38.3. The largest absolute Gasteiger partial charge is 0.474 e. The van der Waals surface area contributed by atoms with Gasteiger partial charge in [-0.1, -0.05) is 0 Å². The SMILES string of the molecule is CC(C)OC(=O)N1CCC(Oc2ncnc(Nc3ccc(S(C)(=O)=O)cc3F)c2C#N)CC1.Cc1c(Nc2ccc(N3CCOCC3)cc2F)ncnc1OC1CCN(C(=O)OC(C)C)CC1. The fourth-order valence-electron chi connectivity index (χ4n) is 7.22. The lowest BCUT2D eigenvalue weighted by Gasteiger charge is -2.32. The van der Waals surface area contributed by atoms with Crippen molar-refractivity contribution in [1.82, 2.24) is 29.7 Å². The summed E-state index contributed by atoms with van der Waals surface area (Å²) in [4.78, 5) is 45.9. The van der Waals surface area contributed by atoms with Crippen LogP contribution in [0.5, 0.6) is 11.8 Å². The molecule has 3 aliphatic heterocycles. The van der Waals surface area contributed by atoms with Crippen LogP contribution in [0.3, 0.4) is 0 Å². The van der Waals surface area contributed by atoms with Crippen LogP contribution in [0, 0.1) is 29.9 Å². The Morgan fingerprint density at radius 1 is 0.746 bits per heavy atom. The summed E-state index contributed by atoms with van der Waals surface area (Å²) in [6, 6.07) is 10.5. The van der Waals surface area contributed by atoms with Crippen LogP contribution in [0.2, 0.25) is 0 Å². The second kappa shape index (κ2) is 22.7. The van der Waals surface area contributed by atoms with E-state index in [0.29, 0.717) is 88.0 Å². The van der Waals surface area contributed by atoms with Crippen LogP contribution < -0.4 is 25.0 Å². The monoisotopic (exact) mass is 950 g/mol. The molecule has 0 aliphatic carbocycles. The number of morpholine rings is 1. The first-order valence-corrected chi connectivity index (χ1v) is 23.8. The fraction of sp³-hybridized carbons (Fsp3) is 0.489. The molecule has 4 aromatic rings. The Bertz CT molecular complexity index is 2510. The van der Waals surface area contributed by atoms with Crippen molar-refractivity contribution in [3.8, 4) is 17.8 Å². The lowest BCUT2D eigenvalue weighted by Crippen LogP contribution is -2.42. The highest BCUT2D eigenvalue weighted by Gasteiger charge is 2.29. The highest BCUT2D eigenvalue weighted by atomic mass is 32.2. The molecule has 22 heteroatoms. The molecule has 3 fully saturated rings. The van der Waals surface area contributed by atoms with Gasteiger partial charge in [-0.2, -0.15) is 5.26 Å². The summed E-state index contributed by atoms with van der Waals surface area (Å²) < 4.78 is 80.3. The minimum absolute atomic E-state index is 0.0199. The molecule has 0 spiro atoms. The summed E-state index contributed by atoms with van der Waals surface area (Å²) >= 11 is 0. The van der Waals surface area contributed by atoms with Crippen molar-refractivity contribution in [2.45, 2.75) is 89.6 Å². The van der Waals surface area contributed by atoms with Crippen molar-refractivity contribution in [1.29, 1.82) is 5.26 Å². The van der Waals surface area contributed by atoms with Gasteiger partial charge in [-0.3, -0.25) is 0 Å². The maximum atomic E-state index is 14.8. The summed E-state index contributed by atoms with van der Waals surface area (Å²) in [6.07, 6.45) is 4.58. The van der Waals surface area contributed by atoms with Crippen LogP contribution in [0.1, 0.15) is 64.5 Å². The summed E-state index contributed by atoms with van der Waals surface area (Å²) in [5, 5.41) is 15.4. The predicted molar refractivity (Wildman–Crippen MR) is 243 cm³/mol. The van der Waals surface area contributed by atoms with E-state index in [1.807, 2.05) is 32.9 Å². The Hall–Kier alpha value is -6.60. The molecule has 0 atom stereocenters. The van der Waals surface area contributed by atoms with Gasteiger partial charge in [0.1, 0.15) is 48.4 Å². The zero-order valence-corrected chi connectivity index (χ0v) is 39.1. The second-order valence-corrected chi connectivity index (χ2v) is 18.6. The summed E-state index contributed by atoms with van der Waals surface area (Å²) in [5.74, 6) is -0.182. The molecule has 2 aromatic heterocycles. The van der Waals surface area contributed by atoms with Gasteiger partial charge in [0.15, 0.2) is 21.2 Å². The topological polar surface area (TPSA) is 224 Å². The number of carbonyl (C=O) groups excluding carboxylic acids is 2. The van der Waals surface area contributed by atoms with Gasteiger partial charge < -0.3 is 49.0 Å². The molecule has 19 nitrogen and oxygen atoms in total. The number of amides is 2. The van der Waals surface area contributed by atoms with Gasteiger partial charge in [0.05, 0.1) is 47.3 Å². The molecule has 2 N–H and O–H groups in total. The highest BCUT2D eigenvalue weighted by Crippen LogP contribution is 2.31.